The van der Waals surface area contributed by atoms with E-state index in [4.69, 9.17) is 17.3 Å². The second-order valence-corrected chi connectivity index (χ2v) is 7.21. The number of amides is 1. The number of carbonyl (C=O) groups is 1. The van der Waals surface area contributed by atoms with Gasteiger partial charge in [-0.3, -0.25) is 14.5 Å². The Morgan fingerprint density at radius 3 is 2.62 bits per heavy atom. The van der Waals surface area contributed by atoms with Crippen LogP contribution in [0.1, 0.15) is 21.7 Å². The SMILES string of the molecule is Cc1c(C(N)=O)nc(-c2cc(-c3cnn(Cc4ccc(Cl)cc4)c3)ccn2)n1C. The van der Waals surface area contributed by atoms with E-state index in [9.17, 15) is 4.79 Å². The number of aromatic nitrogens is 5. The lowest BCUT2D eigenvalue weighted by Gasteiger charge is -2.04. The van der Waals surface area contributed by atoms with E-state index >= 15 is 0 Å². The number of rotatable bonds is 5. The maximum absolute atomic E-state index is 11.6. The molecule has 0 atom stereocenters. The Morgan fingerprint density at radius 1 is 1.17 bits per heavy atom. The fraction of sp³-hybridized carbons (Fsp3) is 0.143. The highest BCUT2D eigenvalue weighted by Gasteiger charge is 2.17. The summed E-state index contributed by atoms with van der Waals surface area (Å²) in [6.45, 7) is 2.46. The summed E-state index contributed by atoms with van der Waals surface area (Å²) in [6.07, 6.45) is 5.51. The van der Waals surface area contributed by atoms with Gasteiger partial charge in [0.2, 0.25) is 0 Å². The van der Waals surface area contributed by atoms with Crippen LogP contribution in [0.15, 0.2) is 55.0 Å². The minimum absolute atomic E-state index is 0.255. The van der Waals surface area contributed by atoms with E-state index in [-0.39, 0.29) is 5.69 Å². The van der Waals surface area contributed by atoms with Crippen molar-refractivity contribution >= 4 is 17.5 Å². The van der Waals surface area contributed by atoms with Gasteiger partial charge in [0.25, 0.3) is 5.91 Å². The third kappa shape index (κ3) is 3.77. The maximum atomic E-state index is 11.6. The molecule has 0 saturated carbocycles. The molecule has 4 rings (SSSR count). The highest BCUT2D eigenvalue weighted by molar-refractivity contribution is 6.30. The zero-order chi connectivity index (χ0) is 20.5. The Hall–Kier alpha value is -3.45. The molecule has 0 unspecified atom stereocenters. The van der Waals surface area contributed by atoms with Crippen molar-refractivity contribution in [2.24, 2.45) is 12.8 Å². The van der Waals surface area contributed by atoms with E-state index in [1.54, 1.807) is 13.1 Å². The average molecular weight is 407 g/mol. The van der Waals surface area contributed by atoms with Gasteiger partial charge in [0.05, 0.1) is 12.7 Å². The van der Waals surface area contributed by atoms with Crippen LogP contribution in [0, 0.1) is 6.92 Å². The van der Waals surface area contributed by atoms with Crippen molar-refractivity contribution in [1.29, 1.82) is 0 Å². The number of pyridine rings is 1. The summed E-state index contributed by atoms with van der Waals surface area (Å²) in [5.41, 5.74) is 10.1. The van der Waals surface area contributed by atoms with Gasteiger partial charge in [0.15, 0.2) is 5.82 Å². The topological polar surface area (TPSA) is 91.6 Å². The Balaban J connectivity index is 1.63. The Kier molecular flexibility index (Phi) is 4.90. The number of halogens is 1. The average Bonchev–Trinajstić information content (AvgIpc) is 3.29. The van der Waals surface area contributed by atoms with Crippen LogP contribution < -0.4 is 5.73 Å². The fourth-order valence-electron chi connectivity index (χ4n) is 3.15. The van der Waals surface area contributed by atoms with Crippen molar-refractivity contribution in [1.82, 2.24) is 24.3 Å². The van der Waals surface area contributed by atoms with Crippen molar-refractivity contribution in [3.05, 3.63) is 77.0 Å². The molecule has 8 heteroatoms. The normalized spacial score (nSPS) is 11.0. The monoisotopic (exact) mass is 406 g/mol. The molecule has 0 fully saturated rings. The van der Waals surface area contributed by atoms with Crippen LogP contribution in [0.4, 0.5) is 0 Å². The number of imidazole rings is 1. The Morgan fingerprint density at radius 2 is 1.93 bits per heavy atom. The molecule has 7 nitrogen and oxygen atoms in total. The number of hydrogen-bond acceptors (Lipinski definition) is 4. The molecule has 0 aliphatic heterocycles. The molecule has 4 aromatic rings. The molecular formula is C21H19ClN6O. The third-order valence-electron chi connectivity index (χ3n) is 4.83. The second kappa shape index (κ2) is 7.52. The van der Waals surface area contributed by atoms with Crippen molar-refractivity contribution in [3.8, 4) is 22.6 Å². The van der Waals surface area contributed by atoms with Crippen molar-refractivity contribution in [2.45, 2.75) is 13.5 Å². The van der Waals surface area contributed by atoms with Crippen LogP contribution in [-0.2, 0) is 13.6 Å². The predicted molar refractivity (Wildman–Crippen MR) is 111 cm³/mol. The molecule has 0 saturated heterocycles. The Labute approximate surface area is 172 Å². The van der Waals surface area contributed by atoms with Crippen LogP contribution in [-0.4, -0.2) is 30.2 Å². The van der Waals surface area contributed by atoms with E-state index in [1.807, 2.05) is 65.1 Å². The second-order valence-electron chi connectivity index (χ2n) is 6.78. The van der Waals surface area contributed by atoms with E-state index < -0.39 is 5.91 Å². The molecule has 0 radical (unpaired) electrons. The number of benzene rings is 1. The smallest absolute Gasteiger partial charge is 0.269 e. The van der Waals surface area contributed by atoms with Crippen LogP contribution in [0.2, 0.25) is 5.02 Å². The molecule has 3 heterocycles. The van der Waals surface area contributed by atoms with Gasteiger partial charge in [-0.2, -0.15) is 5.10 Å². The summed E-state index contributed by atoms with van der Waals surface area (Å²) in [7, 11) is 1.84. The maximum Gasteiger partial charge on any atom is 0.269 e. The van der Waals surface area contributed by atoms with Gasteiger partial charge in [-0.25, -0.2) is 4.98 Å². The number of hydrogen-bond donors (Lipinski definition) is 1. The summed E-state index contributed by atoms with van der Waals surface area (Å²) >= 11 is 5.94. The van der Waals surface area contributed by atoms with Crippen molar-refractivity contribution in [2.75, 3.05) is 0 Å². The Bertz CT molecular complexity index is 1190. The highest BCUT2D eigenvalue weighted by Crippen LogP contribution is 2.25. The van der Waals surface area contributed by atoms with E-state index in [0.717, 1.165) is 16.7 Å². The van der Waals surface area contributed by atoms with Gasteiger partial charge < -0.3 is 10.3 Å². The van der Waals surface area contributed by atoms with Crippen molar-refractivity contribution < 1.29 is 4.79 Å². The van der Waals surface area contributed by atoms with Gasteiger partial charge in [-0.15, -0.1) is 0 Å². The third-order valence-corrected chi connectivity index (χ3v) is 5.08. The minimum Gasteiger partial charge on any atom is -0.364 e. The van der Waals surface area contributed by atoms with Crippen LogP contribution in [0.25, 0.3) is 22.6 Å². The zero-order valence-corrected chi connectivity index (χ0v) is 16.8. The largest absolute Gasteiger partial charge is 0.364 e. The number of carbonyl (C=O) groups excluding carboxylic acids is 1. The summed E-state index contributed by atoms with van der Waals surface area (Å²) in [4.78, 5) is 20.4. The van der Waals surface area contributed by atoms with E-state index in [2.05, 4.69) is 15.1 Å². The number of primary amides is 1. The zero-order valence-electron chi connectivity index (χ0n) is 16.0. The molecule has 3 aromatic heterocycles. The predicted octanol–water partition coefficient (Wildman–Crippen LogP) is 3.45. The summed E-state index contributed by atoms with van der Waals surface area (Å²) in [5, 5.41) is 5.16. The molecule has 146 valence electrons. The molecule has 1 aromatic carbocycles. The molecule has 0 bridgehead atoms. The number of nitrogens with two attached hydrogens (primary N) is 1. The van der Waals surface area contributed by atoms with E-state index in [0.29, 0.717) is 28.8 Å². The van der Waals surface area contributed by atoms with Gasteiger partial charge in [-0.05, 0) is 42.3 Å². The summed E-state index contributed by atoms with van der Waals surface area (Å²) < 4.78 is 3.69. The first-order chi connectivity index (χ1) is 13.9. The first-order valence-corrected chi connectivity index (χ1v) is 9.37. The highest BCUT2D eigenvalue weighted by atomic mass is 35.5. The lowest BCUT2D eigenvalue weighted by Crippen LogP contribution is -2.13. The van der Waals surface area contributed by atoms with Crippen LogP contribution in [0.3, 0.4) is 0 Å². The van der Waals surface area contributed by atoms with Gasteiger partial charge in [-0.1, -0.05) is 23.7 Å². The van der Waals surface area contributed by atoms with Gasteiger partial charge in [0.1, 0.15) is 11.4 Å². The fourth-order valence-corrected chi connectivity index (χ4v) is 3.28. The van der Waals surface area contributed by atoms with Gasteiger partial charge in [0, 0.05) is 35.7 Å². The first-order valence-electron chi connectivity index (χ1n) is 8.99. The first kappa shape index (κ1) is 18.9. The number of nitrogens with zero attached hydrogens (tertiary/aromatic N) is 5. The van der Waals surface area contributed by atoms with Crippen LogP contribution >= 0.6 is 11.6 Å². The summed E-state index contributed by atoms with van der Waals surface area (Å²) in [5.74, 6) is 0.0377. The quantitative estimate of drug-likeness (QED) is 0.549. The molecule has 1 amide bonds. The molecule has 2 N–H and O–H groups in total. The molecule has 0 spiro atoms. The molecule has 0 aliphatic carbocycles. The molecular weight excluding hydrogens is 388 g/mol. The molecule has 29 heavy (non-hydrogen) atoms. The van der Waals surface area contributed by atoms with Gasteiger partial charge >= 0.3 is 0 Å². The molecule has 0 aliphatic rings. The minimum atomic E-state index is -0.552. The lowest BCUT2D eigenvalue weighted by molar-refractivity contribution is 0.0995. The summed E-state index contributed by atoms with van der Waals surface area (Å²) in [6, 6.07) is 11.5. The lowest BCUT2D eigenvalue weighted by atomic mass is 10.1. The van der Waals surface area contributed by atoms with Crippen molar-refractivity contribution in [3.63, 3.8) is 0 Å². The van der Waals surface area contributed by atoms with Crippen LogP contribution in [0.5, 0.6) is 0 Å². The van der Waals surface area contributed by atoms with E-state index in [1.165, 1.54) is 0 Å². The standard InChI is InChI=1S/C21H19ClN6O/c1-13-19(20(23)29)26-21(27(13)2)18-9-15(7-8-24-18)16-10-25-28(12-16)11-14-3-5-17(22)6-4-14/h3-10,12H,11H2,1-2H3,(H2,23,29).